The minimum Gasteiger partial charge on any atom is -0.456 e. The van der Waals surface area contributed by atoms with Gasteiger partial charge in [0, 0.05) is 65.4 Å². The van der Waals surface area contributed by atoms with E-state index < -0.39 is 23.2 Å². The Bertz CT molecular complexity index is 1710. The van der Waals surface area contributed by atoms with Crippen molar-refractivity contribution in [2.24, 2.45) is 0 Å². The standard InChI is InChI=1S/C31H39N3O8S2/c1-5-32(6-2)22-9-12-25-28(19-22)40-29-20-23(33(7-3)8-4)10-13-26(29)31(25)27-14-11-24(21-30(27)43-42-41-37)44(38,39)34(15-17-35)16-18-36/h9-14,19-21,35-36H,5-8,15-18H2,1-4H3/p+1. The van der Waals surface area contributed by atoms with Crippen LogP contribution in [-0.2, 0) is 19.4 Å². The zero-order valence-electron chi connectivity index (χ0n) is 25.4. The van der Waals surface area contributed by atoms with Gasteiger partial charge in [0.05, 0.1) is 36.2 Å². The molecule has 2 aromatic rings. The van der Waals surface area contributed by atoms with Gasteiger partial charge < -0.3 is 19.5 Å². The molecule has 4 rings (SSSR count). The Morgan fingerprint density at radius 2 is 1.57 bits per heavy atom. The minimum atomic E-state index is -4.09. The lowest BCUT2D eigenvalue weighted by atomic mass is 9.93. The van der Waals surface area contributed by atoms with Crippen LogP contribution >= 0.6 is 12.0 Å². The van der Waals surface area contributed by atoms with Crippen molar-refractivity contribution in [3.63, 3.8) is 0 Å². The van der Waals surface area contributed by atoms with E-state index in [1.807, 2.05) is 36.4 Å². The highest BCUT2D eigenvalue weighted by Gasteiger charge is 2.27. The third-order valence-electron chi connectivity index (χ3n) is 7.66. The number of hydrogen-bond donors (Lipinski definition) is 3. The Morgan fingerprint density at radius 1 is 0.886 bits per heavy atom. The van der Waals surface area contributed by atoms with Crippen molar-refractivity contribution in [1.29, 1.82) is 0 Å². The van der Waals surface area contributed by atoms with Crippen LogP contribution in [0.15, 0.2) is 68.8 Å². The first kappa shape index (κ1) is 33.9. The molecule has 1 heterocycles. The highest BCUT2D eigenvalue weighted by Crippen LogP contribution is 2.45. The maximum absolute atomic E-state index is 13.5. The molecule has 13 heteroatoms. The molecule has 0 saturated heterocycles. The van der Waals surface area contributed by atoms with Crippen LogP contribution in [0.2, 0.25) is 0 Å². The number of benzene rings is 3. The molecule has 0 amide bonds. The van der Waals surface area contributed by atoms with Crippen LogP contribution < -0.4 is 14.8 Å². The van der Waals surface area contributed by atoms with Crippen molar-refractivity contribution in [3.05, 3.63) is 60.0 Å². The van der Waals surface area contributed by atoms with Crippen molar-refractivity contribution in [1.82, 2.24) is 8.88 Å². The summed E-state index contributed by atoms with van der Waals surface area (Å²) in [6, 6.07) is 16.6. The highest BCUT2D eigenvalue weighted by atomic mass is 32.2. The first-order chi connectivity index (χ1) is 21.3. The largest absolute Gasteiger partial charge is 0.456 e. The van der Waals surface area contributed by atoms with Crippen molar-refractivity contribution in [2.75, 3.05) is 57.4 Å². The monoisotopic (exact) mass is 646 g/mol. The summed E-state index contributed by atoms with van der Waals surface area (Å²) in [4.78, 5) is 2.50. The Labute approximate surface area is 262 Å². The van der Waals surface area contributed by atoms with Gasteiger partial charge in [0.1, 0.15) is 24.4 Å². The van der Waals surface area contributed by atoms with E-state index in [0.717, 1.165) is 58.0 Å². The molecule has 0 bridgehead atoms. The zero-order chi connectivity index (χ0) is 31.9. The molecule has 0 atom stereocenters. The Kier molecular flexibility index (Phi) is 11.8. The fourth-order valence-corrected chi connectivity index (χ4v) is 7.51. The molecule has 1 aliphatic heterocycles. The van der Waals surface area contributed by atoms with Gasteiger partial charge in [-0.3, -0.25) is 0 Å². The second-order valence-electron chi connectivity index (χ2n) is 9.92. The van der Waals surface area contributed by atoms with Crippen molar-refractivity contribution >= 4 is 38.7 Å². The SMILES string of the molecule is CCN(CC)c1ccc2c(-c3ccc(S(=O)(=O)N(CCO)CCO)cc3SOOO)c3ccc(=[N+](CC)CC)cc-3oc2c1. The van der Waals surface area contributed by atoms with Gasteiger partial charge in [0.25, 0.3) is 0 Å². The van der Waals surface area contributed by atoms with Crippen LogP contribution in [0.3, 0.4) is 0 Å². The smallest absolute Gasteiger partial charge is 0.243 e. The van der Waals surface area contributed by atoms with E-state index in [0.29, 0.717) is 33.8 Å². The van der Waals surface area contributed by atoms with Gasteiger partial charge in [0.2, 0.25) is 15.4 Å². The molecule has 1 aliphatic carbocycles. The number of rotatable bonds is 15. The summed E-state index contributed by atoms with van der Waals surface area (Å²) in [6.45, 7) is 10.5. The molecule has 2 aliphatic rings. The third-order valence-corrected chi connectivity index (χ3v) is 10.2. The van der Waals surface area contributed by atoms with Gasteiger partial charge in [-0.1, -0.05) is 11.1 Å². The number of anilines is 1. The van der Waals surface area contributed by atoms with Gasteiger partial charge in [-0.05, 0) is 63.6 Å². The minimum absolute atomic E-state index is 0.0749. The van der Waals surface area contributed by atoms with Gasteiger partial charge in [-0.25, -0.2) is 18.3 Å². The summed E-state index contributed by atoms with van der Waals surface area (Å²) in [5.41, 5.74) is 3.87. The van der Waals surface area contributed by atoms with Crippen LogP contribution in [0.5, 0.6) is 0 Å². The van der Waals surface area contributed by atoms with Crippen molar-refractivity contribution in [3.8, 4) is 22.5 Å². The number of sulfonamides is 1. The number of fused-ring (bicyclic) bond motifs is 2. The van der Waals surface area contributed by atoms with Crippen LogP contribution in [0.25, 0.3) is 33.4 Å². The summed E-state index contributed by atoms with van der Waals surface area (Å²) in [5.74, 6) is 0.651. The van der Waals surface area contributed by atoms with Gasteiger partial charge >= 0.3 is 0 Å². The molecule has 238 valence electrons. The number of nitrogens with zero attached hydrogens (tertiary/aromatic N) is 3. The molecule has 0 fully saturated rings. The van der Waals surface area contributed by atoms with E-state index in [9.17, 15) is 18.6 Å². The van der Waals surface area contributed by atoms with Gasteiger partial charge in [-0.2, -0.15) is 4.31 Å². The number of aliphatic hydroxyl groups is 2. The maximum Gasteiger partial charge on any atom is 0.243 e. The third kappa shape index (κ3) is 6.95. The molecular weight excluding hydrogens is 606 g/mol. The number of hydrogen-bond acceptors (Lipinski definition) is 10. The lowest BCUT2D eigenvalue weighted by molar-refractivity contribution is -0.432. The van der Waals surface area contributed by atoms with Crippen molar-refractivity contribution in [2.45, 2.75) is 37.5 Å². The Morgan fingerprint density at radius 3 is 2.18 bits per heavy atom. The average Bonchev–Trinajstić information content (AvgIpc) is 3.03. The molecule has 0 unspecified atom stereocenters. The average molecular weight is 647 g/mol. The molecular formula is C31H40N3O8S2+. The fourth-order valence-electron chi connectivity index (χ4n) is 5.44. The van der Waals surface area contributed by atoms with Crippen molar-refractivity contribution < 1.29 is 37.7 Å². The van der Waals surface area contributed by atoms with E-state index in [1.54, 1.807) is 6.07 Å². The lowest BCUT2D eigenvalue weighted by Crippen LogP contribution is -2.35. The van der Waals surface area contributed by atoms with Gasteiger partial charge in [-0.15, -0.1) is 4.33 Å². The number of aliphatic hydroxyl groups excluding tert-OH is 2. The molecule has 0 spiro atoms. The van der Waals surface area contributed by atoms with E-state index in [4.69, 9.17) is 14.0 Å². The van der Waals surface area contributed by atoms with Crippen LogP contribution in [0.1, 0.15) is 27.7 Å². The molecule has 3 N–H and O–H groups in total. The Hall–Kier alpha value is -3.01. The topological polar surface area (TPSA) is 136 Å². The van der Waals surface area contributed by atoms with E-state index in [2.05, 4.69) is 42.2 Å². The second-order valence-corrected chi connectivity index (χ2v) is 12.6. The maximum atomic E-state index is 13.5. The molecule has 0 radical (unpaired) electrons. The molecule has 0 saturated carbocycles. The summed E-state index contributed by atoms with van der Waals surface area (Å²) in [6.07, 6.45) is 0. The molecule has 44 heavy (non-hydrogen) atoms. The quantitative estimate of drug-likeness (QED) is 0.0565. The van der Waals surface area contributed by atoms with E-state index in [1.165, 1.54) is 12.1 Å². The summed E-state index contributed by atoms with van der Waals surface area (Å²) in [7, 11) is -4.09. The second kappa shape index (κ2) is 15.3. The highest BCUT2D eigenvalue weighted by molar-refractivity contribution is 7.94. The van der Waals surface area contributed by atoms with Crippen LogP contribution in [0.4, 0.5) is 5.69 Å². The zero-order valence-corrected chi connectivity index (χ0v) is 27.0. The summed E-state index contributed by atoms with van der Waals surface area (Å²) >= 11 is 0.657. The first-order valence-electron chi connectivity index (χ1n) is 14.6. The van der Waals surface area contributed by atoms with E-state index >= 15 is 0 Å². The van der Waals surface area contributed by atoms with Crippen LogP contribution in [-0.4, -0.2) is 80.7 Å². The molecule has 2 aromatic carbocycles. The Balaban J connectivity index is 2.05. The van der Waals surface area contributed by atoms with E-state index in [-0.39, 0.29) is 18.0 Å². The first-order valence-corrected chi connectivity index (χ1v) is 16.8. The normalized spacial score (nSPS) is 12.0. The van der Waals surface area contributed by atoms with Crippen LogP contribution in [0, 0.1) is 0 Å². The summed E-state index contributed by atoms with van der Waals surface area (Å²) in [5, 5.41) is 33.6. The predicted octanol–water partition coefficient (Wildman–Crippen LogP) is 4.27. The fraction of sp³-hybridized carbons (Fsp3) is 0.387. The predicted molar refractivity (Wildman–Crippen MR) is 172 cm³/mol. The lowest BCUT2D eigenvalue weighted by Gasteiger charge is -2.23. The molecule has 11 nitrogen and oxygen atoms in total. The summed E-state index contributed by atoms with van der Waals surface area (Å²) < 4.78 is 41.6. The molecule has 0 aromatic heterocycles. The van der Waals surface area contributed by atoms with Gasteiger partial charge in [0.15, 0.2) is 0 Å².